The SMILES string of the molecule is CCCCCCCCCOC(CC)CCCCCC. The molecule has 0 aromatic rings. The molecule has 0 saturated carbocycles. The lowest BCUT2D eigenvalue weighted by molar-refractivity contribution is 0.0407. The number of hydrogen-bond acceptors (Lipinski definition) is 1. The van der Waals surface area contributed by atoms with Crippen LogP contribution in [0.5, 0.6) is 0 Å². The smallest absolute Gasteiger partial charge is 0.0572 e. The molecule has 1 heteroatoms. The van der Waals surface area contributed by atoms with E-state index in [-0.39, 0.29) is 0 Å². The van der Waals surface area contributed by atoms with Gasteiger partial charge in [0.2, 0.25) is 0 Å². The Balaban J connectivity index is 3.26. The van der Waals surface area contributed by atoms with Crippen molar-refractivity contribution in [3.05, 3.63) is 0 Å². The van der Waals surface area contributed by atoms with Crippen LogP contribution in [0.15, 0.2) is 0 Å². The molecule has 0 aromatic carbocycles. The fourth-order valence-electron chi connectivity index (χ4n) is 2.51. The summed E-state index contributed by atoms with van der Waals surface area (Å²) in [7, 11) is 0. The number of ether oxygens (including phenoxy) is 1. The highest BCUT2D eigenvalue weighted by molar-refractivity contribution is 4.56. The molecule has 19 heavy (non-hydrogen) atoms. The molecular weight excluding hydrogens is 232 g/mol. The maximum atomic E-state index is 6.00. The second kappa shape index (κ2) is 16.0. The minimum absolute atomic E-state index is 0.525. The lowest BCUT2D eigenvalue weighted by Crippen LogP contribution is -2.12. The van der Waals surface area contributed by atoms with Crippen molar-refractivity contribution in [3.8, 4) is 0 Å². The normalized spacial score (nSPS) is 12.8. The van der Waals surface area contributed by atoms with Crippen molar-refractivity contribution in [2.24, 2.45) is 0 Å². The summed E-state index contributed by atoms with van der Waals surface area (Å²) in [6, 6.07) is 0. The molecule has 0 aromatic heterocycles. The van der Waals surface area contributed by atoms with E-state index >= 15 is 0 Å². The molecule has 0 aliphatic heterocycles. The van der Waals surface area contributed by atoms with E-state index in [1.54, 1.807) is 0 Å². The van der Waals surface area contributed by atoms with Gasteiger partial charge in [-0.05, 0) is 19.3 Å². The quantitative estimate of drug-likeness (QED) is 0.308. The number of unbranched alkanes of at least 4 members (excludes halogenated alkanes) is 9. The van der Waals surface area contributed by atoms with Crippen molar-refractivity contribution in [3.63, 3.8) is 0 Å². The molecule has 1 unspecified atom stereocenters. The van der Waals surface area contributed by atoms with Crippen molar-refractivity contribution in [2.75, 3.05) is 6.61 Å². The lowest BCUT2D eigenvalue weighted by Gasteiger charge is -2.16. The minimum atomic E-state index is 0.525. The van der Waals surface area contributed by atoms with Gasteiger partial charge >= 0.3 is 0 Å². The van der Waals surface area contributed by atoms with E-state index in [9.17, 15) is 0 Å². The highest BCUT2D eigenvalue weighted by Gasteiger charge is 2.05. The summed E-state index contributed by atoms with van der Waals surface area (Å²) >= 11 is 0. The van der Waals surface area contributed by atoms with Gasteiger partial charge < -0.3 is 4.74 Å². The van der Waals surface area contributed by atoms with E-state index in [0.717, 1.165) is 6.61 Å². The first kappa shape index (κ1) is 19.0. The zero-order valence-corrected chi connectivity index (χ0v) is 13.9. The molecule has 116 valence electrons. The second-order valence-corrected chi connectivity index (χ2v) is 5.87. The highest BCUT2D eigenvalue weighted by atomic mass is 16.5. The first-order valence-corrected chi connectivity index (χ1v) is 8.96. The third kappa shape index (κ3) is 14.2. The number of rotatable bonds is 15. The van der Waals surface area contributed by atoms with Gasteiger partial charge in [0.05, 0.1) is 6.10 Å². The van der Waals surface area contributed by atoms with Gasteiger partial charge in [0, 0.05) is 6.61 Å². The van der Waals surface area contributed by atoms with E-state index in [1.807, 2.05) is 0 Å². The largest absolute Gasteiger partial charge is 0.378 e. The molecule has 0 spiro atoms. The molecule has 1 atom stereocenters. The molecule has 0 fully saturated rings. The zero-order chi connectivity index (χ0) is 14.2. The van der Waals surface area contributed by atoms with Crippen LogP contribution in [-0.2, 0) is 4.74 Å². The Labute approximate surface area is 122 Å². The van der Waals surface area contributed by atoms with Gasteiger partial charge in [0.25, 0.3) is 0 Å². The Hall–Kier alpha value is -0.0400. The van der Waals surface area contributed by atoms with Crippen molar-refractivity contribution >= 4 is 0 Å². The van der Waals surface area contributed by atoms with Crippen molar-refractivity contribution < 1.29 is 4.74 Å². The molecule has 0 rings (SSSR count). The molecule has 0 aliphatic carbocycles. The molecule has 0 N–H and O–H groups in total. The summed E-state index contributed by atoms with van der Waals surface area (Å²) in [6.45, 7) is 7.79. The zero-order valence-electron chi connectivity index (χ0n) is 13.9. The van der Waals surface area contributed by atoms with E-state index in [0.29, 0.717) is 6.10 Å². The molecule has 0 saturated heterocycles. The molecule has 0 amide bonds. The van der Waals surface area contributed by atoms with Gasteiger partial charge in [-0.25, -0.2) is 0 Å². The predicted molar refractivity (Wildman–Crippen MR) is 86.8 cm³/mol. The van der Waals surface area contributed by atoms with E-state index in [1.165, 1.54) is 83.5 Å². The highest BCUT2D eigenvalue weighted by Crippen LogP contribution is 2.12. The van der Waals surface area contributed by atoms with Crippen molar-refractivity contribution in [1.82, 2.24) is 0 Å². The Morgan fingerprint density at radius 2 is 1.16 bits per heavy atom. The average molecular weight is 271 g/mol. The van der Waals surface area contributed by atoms with Gasteiger partial charge in [-0.3, -0.25) is 0 Å². The lowest BCUT2D eigenvalue weighted by atomic mass is 10.1. The summed E-state index contributed by atoms with van der Waals surface area (Å²) < 4.78 is 6.00. The summed E-state index contributed by atoms with van der Waals surface area (Å²) in [5, 5.41) is 0. The van der Waals surface area contributed by atoms with E-state index in [2.05, 4.69) is 20.8 Å². The third-order valence-electron chi connectivity index (χ3n) is 3.94. The maximum absolute atomic E-state index is 6.00. The molecule has 0 aliphatic rings. The van der Waals surface area contributed by atoms with Crippen molar-refractivity contribution in [2.45, 2.75) is 110 Å². The van der Waals surface area contributed by atoms with Crippen LogP contribution in [0.2, 0.25) is 0 Å². The van der Waals surface area contributed by atoms with E-state index in [4.69, 9.17) is 4.74 Å². The van der Waals surface area contributed by atoms with E-state index < -0.39 is 0 Å². The summed E-state index contributed by atoms with van der Waals surface area (Å²) in [5.41, 5.74) is 0. The Morgan fingerprint density at radius 3 is 1.74 bits per heavy atom. The Morgan fingerprint density at radius 1 is 0.632 bits per heavy atom. The Bertz CT molecular complexity index is 156. The third-order valence-corrected chi connectivity index (χ3v) is 3.94. The molecule has 0 bridgehead atoms. The molecule has 0 heterocycles. The summed E-state index contributed by atoms with van der Waals surface area (Å²) in [6.07, 6.45) is 18.0. The maximum Gasteiger partial charge on any atom is 0.0572 e. The van der Waals surface area contributed by atoms with Crippen LogP contribution in [0.1, 0.15) is 104 Å². The Kier molecular flexibility index (Phi) is 16.0. The van der Waals surface area contributed by atoms with Crippen molar-refractivity contribution in [1.29, 1.82) is 0 Å². The van der Waals surface area contributed by atoms with Crippen LogP contribution >= 0.6 is 0 Å². The van der Waals surface area contributed by atoms with Gasteiger partial charge in [0.1, 0.15) is 0 Å². The first-order chi connectivity index (χ1) is 9.35. The molecule has 0 radical (unpaired) electrons. The predicted octanol–water partition coefficient (Wildman–Crippen LogP) is 6.50. The van der Waals surface area contributed by atoms with Crippen LogP contribution in [0.3, 0.4) is 0 Å². The summed E-state index contributed by atoms with van der Waals surface area (Å²) in [5.74, 6) is 0. The van der Waals surface area contributed by atoms with Crippen LogP contribution in [0.4, 0.5) is 0 Å². The first-order valence-electron chi connectivity index (χ1n) is 8.96. The van der Waals surface area contributed by atoms with Crippen LogP contribution < -0.4 is 0 Å². The molecule has 1 nitrogen and oxygen atoms in total. The van der Waals surface area contributed by atoms with Gasteiger partial charge in [-0.2, -0.15) is 0 Å². The fourth-order valence-corrected chi connectivity index (χ4v) is 2.51. The van der Waals surface area contributed by atoms with Crippen LogP contribution in [0, 0.1) is 0 Å². The standard InChI is InChI=1S/C18H38O/c1-4-7-9-11-12-13-15-17-19-18(6-3)16-14-10-8-5-2/h18H,4-17H2,1-3H3. The van der Waals surface area contributed by atoms with Gasteiger partial charge in [0.15, 0.2) is 0 Å². The average Bonchev–Trinajstić information content (AvgIpc) is 2.44. The summed E-state index contributed by atoms with van der Waals surface area (Å²) in [4.78, 5) is 0. The number of hydrogen-bond donors (Lipinski definition) is 0. The van der Waals surface area contributed by atoms with Crippen LogP contribution in [-0.4, -0.2) is 12.7 Å². The second-order valence-electron chi connectivity index (χ2n) is 5.87. The molecular formula is C18H38O. The minimum Gasteiger partial charge on any atom is -0.378 e. The fraction of sp³-hybridized carbons (Fsp3) is 1.00. The topological polar surface area (TPSA) is 9.23 Å². The van der Waals surface area contributed by atoms with Crippen LogP contribution in [0.25, 0.3) is 0 Å². The van der Waals surface area contributed by atoms with Gasteiger partial charge in [-0.1, -0.05) is 85.0 Å². The van der Waals surface area contributed by atoms with Gasteiger partial charge in [-0.15, -0.1) is 0 Å². The monoisotopic (exact) mass is 270 g/mol.